The fourth-order valence-electron chi connectivity index (χ4n) is 3.61. The second-order valence-corrected chi connectivity index (χ2v) is 5.99. The molecule has 1 fully saturated rings. The van der Waals surface area contributed by atoms with E-state index in [9.17, 15) is 0 Å². The van der Waals surface area contributed by atoms with Gasteiger partial charge < -0.3 is 10.2 Å². The van der Waals surface area contributed by atoms with E-state index in [4.69, 9.17) is 0 Å². The molecule has 3 heteroatoms. The van der Waals surface area contributed by atoms with Crippen LogP contribution in [0.5, 0.6) is 0 Å². The first-order valence-corrected chi connectivity index (χ1v) is 8.29. The molecule has 19 heavy (non-hydrogen) atoms. The molecule has 0 bridgehead atoms. The van der Waals surface area contributed by atoms with Crippen LogP contribution in [0.4, 0.5) is 0 Å². The number of nitrogens with zero attached hydrogens (tertiary/aromatic N) is 2. The van der Waals surface area contributed by atoms with Crippen molar-refractivity contribution in [2.45, 2.75) is 71.0 Å². The van der Waals surface area contributed by atoms with Gasteiger partial charge in [-0.3, -0.25) is 4.90 Å². The smallest absolute Gasteiger partial charge is 0.0246 e. The predicted molar refractivity (Wildman–Crippen MR) is 84.7 cm³/mol. The summed E-state index contributed by atoms with van der Waals surface area (Å²) in [7, 11) is 4.47. The van der Waals surface area contributed by atoms with Crippen molar-refractivity contribution in [1.29, 1.82) is 0 Å². The quantitative estimate of drug-likeness (QED) is 0.730. The average Bonchev–Trinajstić information content (AvgIpc) is 2.46. The van der Waals surface area contributed by atoms with Gasteiger partial charge in [0.05, 0.1) is 0 Å². The third-order valence-corrected chi connectivity index (χ3v) is 4.96. The van der Waals surface area contributed by atoms with Crippen molar-refractivity contribution in [1.82, 2.24) is 15.1 Å². The van der Waals surface area contributed by atoms with Gasteiger partial charge in [-0.25, -0.2) is 0 Å². The van der Waals surface area contributed by atoms with Crippen LogP contribution in [0.2, 0.25) is 0 Å². The number of rotatable bonds is 8. The number of hydrogen-bond donors (Lipinski definition) is 1. The summed E-state index contributed by atoms with van der Waals surface area (Å²) in [5.74, 6) is 0. The molecule has 114 valence electrons. The van der Waals surface area contributed by atoms with Gasteiger partial charge in [-0.05, 0) is 59.4 Å². The zero-order valence-electron chi connectivity index (χ0n) is 13.8. The highest BCUT2D eigenvalue weighted by Crippen LogP contribution is 2.21. The van der Waals surface area contributed by atoms with E-state index in [1.165, 1.54) is 51.7 Å². The van der Waals surface area contributed by atoms with Crippen LogP contribution in [0, 0.1) is 0 Å². The van der Waals surface area contributed by atoms with Crippen molar-refractivity contribution in [2.24, 2.45) is 0 Å². The lowest BCUT2D eigenvalue weighted by Gasteiger charge is -2.42. The lowest BCUT2D eigenvalue weighted by Crippen LogP contribution is -2.53. The molecule has 1 aliphatic rings. The van der Waals surface area contributed by atoms with Gasteiger partial charge in [-0.1, -0.05) is 27.2 Å². The summed E-state index contributed by atoms with van der Waals surface area (Å²) in [6, 6.07) is 2.10. The fraction of sp³-hybridized carbons (Fsp3) is 1.00. The van der Waals surface area contributed by atoms with Crippen molar-refractivity contribution in [3.8, 4) is 0 Å². The SMILES string of the molecule is CCCC(NC)C(CC)N(C)C1CCN(CC)CC1. The molecule has 0 aliphatic carbocycles. The number of hydrogen-bond acceptors (Lipinski definition) is 3. The van der Waals surface area contributed by atoms with Crippen LogP contribution in [0.15, 0.2) is 0 Å². The number of piperidine rings is 1. The molecule has 1 heterocycles. The highest BCUT2D eigenvalue weighted by Gasteiger charge is 2.29. The average molecular weight is 269 g/mol. The molecule has 1 saturated heterocycles. The largest absolute Gasteiger partial charge is 0.315 e. The van der Waals surface area contributed by atoms with Crippen LogP contribution >= 0.6 is 0 Å². The highest BCUT2D eigenvalue weighted by atomic mass is 15.2. The molecule has 3 nitrogen and oxygen atoms in total. The van der Waals surface area contributed by atoms with Gasteiger partial charge in [-0.2, -0.15) is 0 Å². The first-order valence-electron chi connectivity index (χ1n) is 8.29. The molecule has 1 aliphatic heterocycles. The van der Waals surface area contributed by atoms with E-state index in [2.05, 4.69) is 50.0 Å². The molecule has 0 spiro atoms. The minimum Gasteiger partial charge on any atom is -0.315 e. The van der Waals surface area contributed by atoms with Crippen LogP contribution in [0.3, 0.4) is 0 Å². The molecule has 0 aromatic heterocycles. The maximum absolute atomic E-state index is 3.54. The summed E-state index contributed by atoms with van der Waals surface area (Å²) in [5, 5.41) is 3.54. The third-order valence-electron chi connectivity index (χ3n) is 4.96. The molecular weight excluding hydrogens is 234 g/mol. The first kappa shape index (κ1) is 16.9. The minimum absolute atomic E-state index is 0.643. The van der Waals surface area contributed by atoms with Crippen molar-refractivity contribution < 1.29 is 0 Å². The first-order chi connectivity index (χ1) is 9.17. The summed E-state index contributed by atoms with van der Waals surface area (Å²) < 4.78 is 0. The van der Waals surface area contributed by atoms with Crippen LogP contribution in [-0.4, -0.2) is 61.7 Å². The Bertz CT molecular complexity index is 224. The van der Waals surface area contributed by atoms with E-state index in [0.29, 0.717) is 12.1 Å². The minimum atomic E-state index is 0.643. The standard InChI is InChI=1S/C16H35N3/c1-6-9-15(17-4)16(7-2)18(5)14-10-12-19(8-3)13-11-14/h14-17H,6-13H2,1-5H3. The van der Waals surface area contributed by atoms with Gasteiger partial charge >= 0.3 is 0 Å². The fourth-order valence-corrected chi connectivity index (χ4v) is 3.61. The van der Waals surface area contributed by atoms with Gasteiger partial charge in [0, 0.05) is 18.1 Å². The Kier molecular flexibility index (Phi) is 7.96. The lowest BCUT2D eigenvalue weighted by atomic mass is 9.95. The monoisotopic (exact) mass is 269 g/mol. The maximum atomic E-state index is 3.54. The van der Waals surface area contributed by atoms with Crippen molar-refractivity contribution >= 4 is 0 Å². The third kappa shape index (κ3) is 4.73. The topological polar surface area (TPSA) is 18.5 Å². The second-order valence-electron chi connectivity index (χ2n) is 5.99. The highest BCUT2D eigenvalue weighted by molar-refractivity contribution is 4.87. The van der Waals surface area contributed by atoms with Crippen LogP contribution < -0.4 is 5.32 Å². The molecule has 2 unspecified atom stereocenters. The zero-order chi connectivity index (χ0) is 14.3. The van der Waals surface area contributed by atoms with Crippen LogP contribution in [0.25, 0.3) is 0 Å². The molecule has 0 radical (unpaired) electrons. The number of nitrogens with one attached hydrogen (secondary N) is 1. The van der Waals surface area contributed by atoms with E-state index in [-0.39, 0.29) is 0 Å². The van der Waals surface area contributed by atoms with Crippen molar-refractivity contribution in [3.05, 3.63) is 0 Å². The molecule has 0 aromatic carbocycles. The lowest BCUT2D eigenvalue weighted by molar-refractivity contribution is 0.0786. The Morgan fingerprint density at radius 3 is 2.26 bits per heavy atom. The molecule has 0 saturated carbocycles. The van der Waals surface area contributed by atoms with Crippen molar-refractivity contribution in [3.63, 3.8) is 0 Å². The second kappa shape index (κ2) is 8.93. The molecule has 2 atom stereocenters. The van der Waals surface area contributed by atoms with Gasteiger partial charge in [0.1, 0.15) is 0 Å². The molecule has 0 aromatic rings. The van der Waals surface area contributed by atoms with E-state index >= 15 is 0 Å². The van der Waals surface area contributed by atoms with Gasteiger partial charge in [0.2, 0.25) is 0 Å². The Morgan fingerprint density at radius 1 is 1.21 bits per heavy atom. The van der Waals surface area contributed by atoms with E-state index in [1.807, 2.05) is 0 Å². The summed E-state index contributed by atoms with van der Waals surface area (Å²) in [6.07, 6.45) is 6.47. The Hall–Kier alpha value is -0.120. The van der Waals surface area contributed by atoms with Gasteiger partial charge in [0.15, 0.2) is 0 Å². The summed E-state index contributed by atoms with van der Waals surface area (Å²) in [5.41, 5.74) is 0. The van der Waals surface area contributed by atoms with E-state index in [0.717, 1.165) is 6.04 Å². The summed E-state index contributed by atoms with van der Waals surface area (Å²) >= 11 is 0. The molecule has 0 amide bonds. The van der Waals surface area contributed by atoms with Crippen LogP contribution in [-0.2, 0) is 0 Å². The number of likely N-dealkylation sites (N-methyl/N-ethyl adjacent to an activating group) is 2. The van der Waals surface area contributed by atoms with Crippen molar-refractivity contribution in [2.75, 3.05) is 33.7 Å². The Morgan fingerprint density at radius 2 is 1.84 bits per heavy atom. The predicted octanol–water partition coefficient (Wildman–Crippen LogP) is 2.57. The van der Waals surface area contributed by atoms with Gasteiger partial charge in [-0.15, -0.1) is 0 Å². The van der Waals surface area contributed by atoms with Crippen LogP contribution in [0.1, 0.15) is 52.9 Å². The number of likely N-dealkylation sites (tertiary alicyclic amines) is 1. The summed E-state index contributed by atoms with van der Waals surface area (Å²) in [6.45, 7) is 10.7. The molecule has 1 rings (SSSR count). The normalized spacial score (nSPS) is 21.8. The molecular formula is C16H35N3. The molecule has 1 N–H and O–H groups in total. The summed E-state index contributed by atoms with van der Waals surface area (Å²) in [4.78, 5) is 5.25. The van der Waals surface area contributed by atoms with E-state index in [1.54, 1.807) is 0 Å². The van der Waals surface area contributed by atoms with Gasteiger partial charge in [0.25, 0.3) is 0 Å². The Labute approximate surface area is 120 Å². The Balaban J connectivity index is 2.55. The maximum Gasteiger partial charge on any atom is 0.0246 e. The zero-order valence-corrected chi connectivity index (χ0v) is 13.8. The van der Waals surface area contributed by atoms with E-state index < -0.39 is 0 Å².